The topological polar surface area (TPSA) is 135 Å². The number of methoxy groups -OCH3 is 2. The number of likely N-dealkylation sites (tertiary alicyclic amines) is 1. The summed E-state index contributed by atoms with van der Waals surface area (Å²) in [5.74, 6) is 0.182. The summed E-state index contributed by atoms with van der Waals surface area (Å²) in [7, 11) is 3.18. The normalized spacial score (nSPS) is 19.6. The number of carboxylic acids is 1. The van der Waals surface area contributed by atoms with Crippen LogP contribution in [0.2, 0.25) is 10.0 Å². The molecule has 2 aromatic heterocycles. The molecule has 0 saturated carbocycles. The molecule has 7 rings (SSSR count). The first kappa shape index (κ1) is 36.9. The number of hydrogen-bond donors (Lipinski definition) is 3. The number of carboxylic acid groups (broad SMARTS) is 1. The van der Waals surface area contributed by atoms with E-state index in [2.05, 4.69) is 32.7 Å². The predicted octanol–water partition coefficient (Wildman–Crippen LogP) is 6.78. The van der Waals surface area contributed by atoms with Gasteiger partial charge in [0.05, 0.1) is 30.9 Å². The first-order valence-electron chi connectivity index (χ1n) is 17.9. The number of nitrogens with one attached hydrogen (secondary N) is 2. The number of carbonyl (C=O) groups excluding carboxylic acids is 1. The maximum atomic E-state index is 11.6. The molecule has 11 nitrogen and oxygen atoms in total. The number of fused-ring (bicyclic) bond motifs is 1. The van der Waals surface area contributed by atoms with Crippen molar-refractivity contribution >= 4 is 35.1 Å². The molecule has 0 bridgehead atoms. The van der Waals surface area contributed by atoms with Crippen LogP contribution in [0.1, 0.15) is 59.6 Å². The number of pyridine rings is 2. The Kier molecular flexibility index (Phi) is 11.1. The molecule has 2 saturated heterocycles. The van der Waals surface area contributed by atoms with Crippen LogP contribution >= 0.6 is 23.2 Å². The molecule has 278 valence electrons. The van der Waals surface area contributed by atoms with Gasteiger partial charge in [-0.25, -0.2) is 4.98 Å². The molecule has 1 amide bonds. The van der Waals surface area contributed by atoms with E-state index in [1.54, 1.807) is 20.3 Å². The third kappa shape index (κ3) is 7.80. The quantitative estimate of drug-likeness (QED) is 0.134. The van der Waals surface area contributed by atoms with Crippen LogP contribution in [-0.4, -0.2) is 71.7 Å². The summed E-state index contributed by atoms with van der Waals surface area (Å²) in [6.07, 6.45) is 3.25. The Hall–Kier alpha value is -4.42. The number of aryl methyl sites for hydroxylation is 1. The summed E-state index contributed by atoms with van der Waals surface area (Å²) in [5, 5.41) is 16.8. The second-order valence-corrected chi connectivity index (χ2v) is 14.7. The average molecular weight is 761 g/mol. The Morgan fingerprint density at radius 1 is 0.981 bits per heavy atom. The van der Waals surface area contributed by atoms with E-state index in [1.165, 1.54) is 0 Å². The number of aliphatic carboxylic acids is 1. The second-order valence-electron chi connectivity index (χ2n) is 13.9. The van der Waals surface area contributed by atoms with E-state index in [9.17, 15) is 14.7 Å². The highest BCUT2D eigenvalue weighted by molar-refractivity contribution is 6.36. The zero-order chi connectivity index (χ0) is 37.2. The highest BCUT2D eigenvalue weighted by Crippen LogP contribution is 2.45. The molecule has 0 spiro atoms. The summed E-state index contributed by atoms with van der Waals surface area (Å²) in [4.78, 5) is 34.6. The first-order valence-corrected chi connectivity index (χ1v) is 18.7. The van der Waals surface area contributed by atoms with Gasteiger partial charge in [-0.3, -0.25) is 14.5 Å². The van der Waals surface area contributed by atoms with E-state index >= 15 is 0 Å². The number of halogens is 2. The fourth-order valence-corrected chi connectivity index (χ4v) is 8.29. The number of carbonyl (C=O) groups is 2. The van der Waals surface area contributed by atoms with Crippen molar-refractivity contribution in [3.63, 3.8) is 0 Å². The van der Waals surface area contributed by atoms with Crippen molar-refractivity contribution in [2.24, 2.45) is 5.92 Å². The SMILES string of the molecule is COc1nc(O[C@H]2CCc3c(-c4cccc(-c5cc(C)c(CNC[C@@H]6CCC(=O)N6)c(OC)n5)c4Cl)cccc32)c(Cl)cc1CN1CC[C@H](C(=O)O)C1. The molecule has 13 heteroatoms. The number of benzene rings is 2. The molecule has 3 aliphatic rings. The van der Waals surface area contributed by atoms with E-state index in [0.29, 0.717) is 73.3 Å². The molecule has 1 aliphatic carbocycles. The average Bonchev–Trinajstić information content (AvgIpc) is 3.90. The summed E-state index contributed by atoms with van der Waals surface area (Å²) in [6, 6.07) is 16.2. The molecule has 2 aliphatic heterocycles. The Labute approximate surface area is 319 Å². The molecule has 2 fully saturated rings. The first-order chi connectivity index (χ1) is 25.6. The maximum absolute atomic E-state index is 11.6. The van der Waals surface area contributed by atoms with Crippen molar-refractivity contribution in [1.82, 2.24) is 25.5 Å². The molecule has 4 heterocycles. The van der Waals surface area contributed by atoms with E-state index in [1.807, 2.05) is 37.3 Å². The lowest BCUT2D eigenvalue weighted by Gasteiger charge is -2.20. The van der Waals surface area contributed by atoms with Gasteiger partial charge in [-0.05, 0) is 73.5 Å². The van der Waals surface area contributed by atoms with Crippen molar-refractivity contribution in [1.29, 1.82) is 0 Å². The Balaban J connectivity index is 1.10. The van der Waals surface area contributed by atoms with Gasteiger partial charge in [-0.2, -0.15) is 4.98 Å². The molecular weight excluding hydrogens is 717 g/mol. The van der Waals surface area contributed by atoms with Gasteiger partial charge in [0.2, 0.25) is 23.5 Å². The van der Waals surface area contributed by atoms with Crippen LogP contribution < -0.4 is 24.8 Å². The molecule has 2 aromatic carbocycles. The largest absolute Gasteiger partial charge is 0.481 e. The van der Waals surface area contributed by atoms with E-state index in [0.717, 1.165) is 69.5 Å². The molecule has 53 heavy (non-hydrogen) atoms. The fraction of sp³-hybridized carbons (Fsp3) is 0.400. The summed E-state index contributed by atoms with van der Waals surface area (Å²) >= 11 is 14.0. The minimum Gasteiger partial charge on any atom is -0.481 e. The van der Waals surface area contributed by atoms with Crippen LogP contribution in [0, 0.1) is 12.8 Å². The summed E-state index contributed by atoms with van der Waals surface area (Å²) in [5.41, 5.74) is 8.42. The number of nitrogens with zero attached hydrogens (tertiary/aromatic N) is 3. The summed E-state index contributed by atoms with van der Waals surface area (Å²) in [6.45, 7) is 4.92. The number of hydrogen-bond acceptors (Lipinski definition) is 9. The van der Waals surface area contributed by atoms with Crippen LogP contribution in [0.25, 0.3) is 22.4 Å². The highest BCUT2D eigenvalue weighted by Gasteiger charge is 2.31. The highest BCUT2D eigenvalue weighted by atomic mass is 35.5. The molecule has 0 radical (unpaired) electrons. The lowest BCUT2D eigenvalue weighted by molar-refractivity contribution is -0.141. The Bertz CT molecular complexity index is 2040. The van der Waals surface area contributed by atoms with Crippen molar-refractivity contribution in [3.05, 3.63) is 86.4 Å². The number of ether oxygens (including phenoxy) is 3. The monoisotopic (exact) mass is 759 g/mol. The molecule has 3 N–H and O–H groups in total. The van der Waals surface area contributed by atoms with Gasteiger partial charge < -0.3 is 30.0 Å². The second kappa shape index (κ2) is 15.9. The number of amides is 1. The van der Waals surface area contributed by atoms with Crippen molar-refractivity contribution in [2.45, 2.75) is 64.3 Å². The van der Waals surface area contributed by atoms with E-state index in [-0.39, 0.29) is 24.0 Å². The van der Waals surface area contributed by atoms with Gasteiger partial charge in [0.25, 0.3) is 0 Å². The Morgan fingerprint density at radius 3 is 2.49 bits per heavy atom. The van der Waals surface area contributed by atoms with Gasteiger partial charge in [0.15, 0.2) is 0 Å². The van der Waals surface area contributed by atoms with Crippen LogP contribution in [0.15, 0.2) is 48.5 Å². The summed E-state index contributed by atoms with van der Waals surface area (Å²) < 4.78 is 17.9. The molecule has 4 aromatic rings. The third-order valence-corrected chi connectivity index (χ3v) is 11.2. The molecule has 3 atom stereocenters. The van der Waals surface area contributed by atoms with Gasteiger partial charge in [0.1, 0.15) is 11.1 Å². The molecular formula is C40H43Cl2N5O6. The van der Waals surface area contributed by atoms with Gasteiger partial charge >= 0.3 is 5.97 Å². The zero-order valence-corrected chi connectivity index (χ0v) is 31.5. The zero-order valence-electron chi connectivity index (χ0n) is 30.0. The lowest BCUT2D eigenvalue weighted by Crippen LogP contribution is -2.35. The smallest absolute Gasteiger partial charge is 0.307 e. The van der Waals surface area contributed by atoms with E-state index < -0.39 is 5.97 Å². The third-order valence-electron chi connectivity index (χ3n) is 10.5. The van der Waals surface area contributed by atoms with Gasteiger partial charge in [0, 0.05) is 60.9 Å². The number of aromatic nitrogens is 2. The van der Waals surface area contributed by atoms with E-state index in [4.69, 9.17) is 42.4 Å². The van der Waals surface area contributed by atoms with Crippen LogP contribution in [0.5, 0.6) is 17.6 Å². The van der Waals surface area contributed by atoms with Gasteiger partial charge in [-0.15, -0.1) is 0 Å². The van der Waals surface area contributed by atoms with Crippen molar-refractivity contribution in [2.75, 3.05) is 33.9 Å². The lowest BCUT2D eigenvalue weighted by atomic mass is 9.94. The van der Waals surface area contributed by atoms with Gasteiger partial charge in [-0.1, -0.05) is 59.6 Å². The standard InChI is InChI=1S/C40H43Cl2N5O6/c1-22-16-33(45-38(52-3)31(22)19-43-18-25-10-13-35(48)44-25)30-9-5-8-29(36(30)42)26-6-4-7-28-27(26)11-12-34(28)53-39-32(41)17-24(37(46-39)51-2)21-47-15-14-23(20-47)40(49)50/h4-9,16-17,23,25,34,43H,10-15,18-21H2,1-3H3,(H,44,48)(H,49,50)/t23-,25-,34-/m0/s1. The van der Waals surface area contributed by atoms with Crippen molar-refractivity contribution < 1.29 is 28.9 Å². The van der Waals surface area contributed by atoms with Crippen LogP contribution in [0.4, 0.5) is 0 Å². The predicted molar refractivity (Wildman–Crippen MR) is 203 cm³/mol. The van der Waals surface area contributed by atoms with Crippen LogP contribution in [-0.2, 0) is 29.1 Å². The molecule has 0 unspecified atom stereocenters. The minimum absolute atomic E-state index is 0.100. The minimum atomic E-state index is -0.773. The maximum Gasteiger partial charge on any atom is 0.307 e. The van der Waals surface area contributed by atoms with Crippen molar-refractivity contribution in [3.8, 4) is 40.0 Å². The fourth-order valence-electron chi connectivity index (χ4n) is 7.74. The Morgan fingerprint density at radius 2 is 1.75 bits per heavy atom. The van der Waals surface area contributed by atoms with Crippen LogP contribution in [0.3, 0.4) is 0 Å². The number of rotatable bonds is 13.